The molecular weight excluding hydrogens is 502 g/mol. The van der Waals surface area contributed by atoms with Gasteiger partial charge in [-0.3, -0.25) is 14.1 Å². The number of rotatable bonds is 6. The molecule has 2 aliphatic rings. The average molecular weight is 526 g/mol. The topological polar surface area (TPSA) is 93.3 Å². The van der Waals surface area contributed by atoms with Gasteiger partial charge in [0.15, 0.2) is 5.82 Å². The molecule has 4 aromatic rings. The molecule has 176 valence electrons. The van der Waals surface area contributed by atoms with Gasteiger partial charge in [0.25, 0.3) is 0 Å². The van der Waals surface area contributed by atoms with Crippen molar-refractivity contribution < 1.29 is 14.2 Å². The van der Waals surface area contributed by atoms with Crippen LogP contribution in [0.1, 0.15) is 24.7 Å². The Morgan fingerprint density at radius 3 is 2.79 bits per heavy atom. The van der Waals surface area contributed by atoms with Crippen molar-refractivity contribution in [2.75, 3.05) is 33.0 Å². The summed E-state index contributed by atoms with van der Waals surface area (Å²) in [6, 6.07) is 7.73. The van der Waals surface area contributed by atoms with E-state index in [9.17, 15) is 4.79 Å². The number of hydrogen-bond acceptors (Lipinski definition) is 7. The molecule has 3 aromatic heterocycles. The molecule has 0 N–H and O–H groups in total. The highest BCUT2D eigenvalue weighted by Crippen LogP contribution is 2.28. The summed E-state index contributed by atoms with van der Waals surface area (Å²) in [5.41, 5.74) is 2.25. The summed E-state index contributed by atoms with van der Waals surface area (Å²) in [7, 11) is 0. The monoisotopic (exact) mass is 525 g/mol. The molecule has 0 amide bonds. The van der Waals surface area contributed by atoms with Crippen LogP contribution in [0.2, 0.25) is 0 Å². The molecule has 2 fully saturated rings. The van der Waals surface area contributed by atoms with E-state index >= 15 is 0 Å². The Balaban J connectivity index is 1.41. The molecular formula is C24H24BrN5O4. The van der Waals surface area contributed by atoms with Crippen LogP contribution in [-0.2, 0) is 16.0 Å². The van der Waals surface area contributed by atoms with E-state index in [2.05, 4.69) is 20.9 Å². The Bertz CT molecular complexity index is 1410. The van der Waals surface area contributed by atoms with E-state index in [1.165, 1.54) is 0 Å². The number of ether oxygens (including phenoxy) is 3. The maximum Gasteiger partial charge on any atom is 0.329 e. The van der Waals surface area contributed by atoms with Crippen LogP contribution in [0.3, 0.4) is 0 Å². The molecule has 0 spiro atoms. The fraction of sp³-hybridized carbons (Fsp3) is 0.417. The zero-order valence-corrected chi connectivity index (χ0v) is 20.1. The van der Waals surface area contributed by atoms with E-state index in [4.69, 9.17) is 24.2 Å². The van der Waals surface area contributed by atoms with Gasteiger partial charge in [0.2, 0.25) is 5.88 Å². The molecule has 10 heteroatoms. The molecule has 0 bridgehead atoms. The highest BCUT2D eigenvalue weighted by Gasteiger charge is 2.25. The van der Waals surface area contributed by atoms with Gasteiger partial charge in [-0.15, -0.1) is 0 Å². The summed E-state index contributed by atoms with van der Waals surface area (Å²) < 4.78 is 21.6. The number of aromatic nitrogens is 5. The lowest BCUT2D eigenvalue weighted by molar-refractivity contribution is 0.166. The second kappa shape index (κ2) is 9.09. The van der Waals surface area contributed by atoms with Crippen molar-refractivity contribution in [2.45, 2.75) is 25.4 Å². The quantitative estimate of drug-likeness (QED) is 0.381. The molecule has 34 heavy (non-hydrogen) atoms. The van der Waals surface area contributed by atoms with E-state index in [-0.39, 0.29) is 18.3 Å². The van der Waals surface area contributed by atoms with Crippen LogP contribution in [0.5, 0.6) is 5.88 Å². The van der Waals surface area contributed by atoms with E-state index in [0.29, 0.717) is 44.0 Å². The molecule has 2 atom stereocenters. The molecule has 5 heterocycles. The average Bonchev–Trinajstić information content (AvgIpc) is 3.59. The first-order valence-electron chi connectivity index (χ1n) is 11.5. The second-order valence-electron chi connectivity index (χ2n) is 8.77. The molecule has 0 radical (unpaired) electrons. The Labute approximate surface area is 203 Å². The molecule has 2 aliphatic heterocycles. The minimum absolute atomic E-state index is 0.0136. The smallest absolute Gasteiger partial charge is 0.329 e. The number of nitrogens with zero attached hydrogens (tertiary/aromatic N) is 5. The lowest BCUT2D eigenvalue weighted by Crippen LogP contribution is -2.28. The van der Waals surface area contributed by atoms with Crippen molar-refractivity contribution in [1.29, 1.82) is 0 Å². The van der Waals surface area contributed by atoms with Crippen molar-refractivity contribution >= 4 is 37.9 Å². The normalized spacial score (nSPS) is 20.5. The van der Waals surface area contributed by atoms with E-state index in [1.54, 1.807) is 17.0 Å². The van der Waals surface area contributed by atoms with E-state index in [0.717, 1.165) is 45.9 Å². The molecule has 2 saturated heterocycles. The standard InChI is InChI=1S/C24H24BrN5O4/c25-16-1-2-18-19(9-16)27-22(28-23(18)34-13-15-4-7-32-12-15)11-29-21-10-26-6-3-20(21)30(24(29)31)17-5-8-33-14-17/h1-3,6,9-10,15,17H,4-5,7-8,11-14H2/t15?,17-/m0/s1. The zero-order valence-electron chi connectivity index (χ0n) is 18.5. The lowest BCUT2D eigenvalue weighted by atomic mass is 10.1. The van der Waals surface area contributed by atoms with Gasteiger partial charge in [-0.1, -0.05) is 15.9 Å². The van der Waals surface area contributed by atoms with Crippen LogP contribution in [0.4, 0.5) is 0 Å². The number of halogens is 1. The summed E-state index contributed by atoms with van der Waals surface area (Å²) in [5.74, 6) is 1.39. The Morgan fingerprint density at radius 1 is 1.09 bits per heavy atom. The number of fused-ring (bicyclic) bond motifs is 2. The van der Waals surface area contributed by atoms with Crippen molar-refractivity contribution in [3.63, 3.8) is 0 Å². The van der Waals surface area contributed by atoms with Gasteiger partial charge in [-0.05, 0) is 37.1 Å². The molecule has 1 unspecified atom stereocenters. The van der Waals surface area contributed by atoms with Crippen LogP contribution >= 0.6 is 15.9 Å². The Kier molecular flexibility index (Phi) is 5.80. The van der Waals surface area contributed by atoms with Gasteiger partial charge in [-0.25, -0.2) is 9.78 Å². The van der Waals surface area contributed by atoms with Crippen LogP contribution in [0, 0.1) is 5.92 Å². The first-order valence-corrected chi connectivity index (χ1v) is 12.3. The fourth-order valence-corrected chi connectivity index (χ4v) is 5.06. The third kappa shape index (κ3) is 3.99. The Hall–Kier alpha value is -2.82. The largest absolute Gasteiger partial charge is 0.477 e. The van der Waals surface area contributed by atoms with Crippen LogP contribution < -0.4 is 10.4 Å². The van der Waals surface area contributed by atoms with Gasteiger partial charge in [-0.2, -0.15) is 4.98 Å². The molecule has 0 saturated carbocycles. The highest BCUT2D eigenvalue weighted by molar-refractivity contribution is 9.10. The van der Waals surface area contributed by atoms with Crippen molar-refractivity contribution in [3.8, 4) is 5.88 Å². The third-order valence-corrected chi connectivity index (χ3v) is 6.98. The maximum atomic E-state index is 13.5. The Morgan fingerprint density at radius 2 is 1.97 bits per heavy atom. The maximum absolute atomic E-state index is 13.5. The number of benzene rings is 1. The molecule has 1 aromatic carbocycles. The van der Waals surface area contributed by atoms with Gasteiger partial charge in [0.05, 0.1) is 60.5 Å². The summed E-state index contributed by atoms with van der Waals surface area (Å²) in [6.45, 7) is 3.41. The fourth-order valence-electron chi connectivity index (χ4n) is 4.71. The zero-order chi connectivity index (χ0) is 23.1. The predicted molar refractivity (Wildman–Crippen MR) is 129 cm³/mol. The van der Waals surface area contributed by atoms with E-state index in [1.807, 2.05) is 28.8 Å². The minimum atomic E-state index is -0.109. The van der Waals surface area contributed by atoms with Crippen molar-refractivity contribution in [2.24, 2.45) is 5.92 Å². The first-order chi connectivity index (χ1) is 16.7. The van der Waals surface area contributed by atoms with Gasteiger partial charge < -0.3 is 14.2 Å². The lowest BCUT2D eigenvalue weighted by Gasteiger charge is -2.13. The van der Waals surface area contributed by atoms with Crippen LogP contribution in [-0.4, -0.2) is 57.1 Å². The van der Waals surface area contributed by atoms with Crippen LogP contribution in [0.15, 0.2) is 45.9 Å². The summed E-state index contributed by atoms with van der Waals surface area (Å²) in [5, 5.41) is 0.838. The molecule has 6 rings (SSSR count). The van der Waals surface area contributed by atoms with Gasteiger partial charge in [0, 0.05) is 29.8 Å². The highest BCUT2D eigenvalue weighted by atomic mass is 79.9. The van der Waals surface area contributed by atoms with Crippen LogP contribution in [0.25, 0.3) is 21.9 Å². The summed E-state index contributed by atoms with van der Waals surface area (Å²) in [4.78, 5) is 27.3. The second-order valence-corrected chi connectivity index (χ2v) is 9.68. The van der Waals surface area contributed by atoms with Crippen molar-refractivity contribution in [1.82, 2.24) is 24.1 Å². The summed E-state index contributed by atoms with van der Waals surface area (Å²) >= 11 is 3.53. The number of pyridine rings is 1. The SMILES string of the molecule is O=c1n(Cc2nc(OCC3CCOC3)c3ccc(Br)cc3n2)c2cnccc2n1[C@H]1CCOC1. The van der Waals surface area contributed by atoms with Crippen molar-refractivity contribution in [3.05, 3.63) is 57.4 Å². The van der Waals surface area contributed by atoms with Gasteiger partial charge in [0.1, 0.15) is 0 Å². The van der Waals surface area contributed by atoms with Gasteiger partial charge >= 0.3 is 5.69 Å². The number of hydrogen-bond donors (Lipinski definition) is 0. The number of imidazole rings is 1. The molecule has 0 aliphatic carbocycles. The minimum Gasteiger partial charge on any atom is -0.477 e. The third-order valence-electron chi connectivity index (χ3n) is 6.49. The first kappa shape index (κ1) is 21.7. The molecule has 9 nitrogen and oxygen atoms in total. The predicted octanol–water partition coefficient (Wildman–Crippen LogP) is 3.33. The summed E-state index contributed by atoms with van der Waals surface area (Å²) in [6.07, 6.45) is 5.22. The van der Waals surface area contributed by atoms with E-state index < -0.39 is 0 Å².